The van der Waals surface area contributed by atoms with Crippen molar-refractivity contribution >= 4 is 17.4 Å². The first-order valence-electron chi connectivity index (χ1n) is 4.62. The first-order valence-corrected chi connectivity index (χ1v) is 5.60. The molecule has 0 radical (unpaired) electrons. The Labute approximate surface area is 89.1 Å². The highest BCUT2D eigenvalue weighted by molar-refractivity contribution is 7.99. The second-order valence-electron chi connectivity index (χ2n) is 3.17. The molecule has 0 aliphatic heterocycles. The highest BCUT2D eigenvalue weighted by atomic mass is 32.2. The van der Waals surface area contributed by atoms with E-state index in [0.29, 0.717) is 11.3 Å². The van der Waals surface area contributed by atoms with E-state index in [1.165, 1.54) is 0 Å². The van der Waals surface area contributed by atoms with Gasteiger partial charge in [-0.05, 0) is 36.8 Å². The molecule has 0 unspecified atom stereocenters. The maximum Gasteiger partial charge on any atom is 0.101 e. The van der Waals surface area contributed by atoms with Gasteiger partial charge in [0, 0.05) is 10.6 Å². The van der Waals surface area contributed by atoms with Gasteiger partial charge in [0.2, 0.25) is 0 Å². The van der Waals surface area contributed by atoms with E-state index in [0.717, 1.165) is 22.6 Å². The Morgan fingerprint density at radius 3 is 2.79 bits per heavy atom. The molecule has 3 heteroatoms. The van der Waals surface area contributed by atoms with Gasteiger partial charge in [0.1, 0.15) is 6.07 Å². The summed E-state index contributed by atoms with van der Waals surface area (Å²) in [6, 6.07) is 5.85. The Kier molecular flexibility index (Phi) is 3.84. The summed E-state index contributed by atoms with van der Waals surface area (Å²) < 4.78 is 0. The van der Waals surface area contributed by atoms with E-state index in [9.17, 15) is 0 Å². The number of hydrogen-bond donors (Lipinski definition) is 1. The first kappa shape index (κ1) is 10.9. The van der Waals surface area contributed by atoms with Crippen LogP contribution >= 0.6 is 11.8 Å². The molecule has 2 nitrogen and oxygen atoms in total. The second kappa shape index (κ2) is 4.92. The van der Waals surface area contributed by atoms with Crippen molar-refractivity contribution < 1.29 is 0 Å². The maximum atomic E-state index is 8.82. The van der Waals surface area contributed by atoms with Crippen molar-refractivity contribution in [3.8, 4) is 6.07 Å². The van der Waals surface area contributed by atoms with E-state index in [1.807, 2.05) is 19.1 Å². The van der Waals surface area contributed by atoms with Gasteiger partial charge in [-0.25, -0.2) is 0 Å². The Morgan fingerprint density at radius 2 is 2.21 bits per heavy atom. The third kappa shape index (κ3) is 2.43. The lowest BCUT2D eigenvalue weighted by Crippen LogP contribution is -1.93. The van der Waals surface area contributed by atoms with Crippen molar-refractivity contribution in [1.29, 1.82) is 5.26 Å². The number of rotatable bonds is 3. The quantitative estimate of drug-likeness (QED) is 0.611. The van der Waals surface area contributed by atoms with Crippen molar-refractivity contribution in [3.63, 3.8) is 0 Å². The molecule has 1 aromatic carbocycles. The third-order valence-corrected chi connectivity index (χ3v) is 3.29. The van der Waals surface area contributed by atoms with Crippen LogP contribution in [-0.2, 0) is 0 Å². The summed E-state index contributed by atoms with van der Waals surface area (Å²) in [6.45, 7) is 4.17. The van der Waals surface area contributed by atoms with Gasteiger partial charge in [-0.1, -0.05) is 6.92 Å². The zero-order valence-corrected chi connectivity index (χ0v) is 9.32. The molecule has 1 rings (SSSR count). The van der Waals surface area contributed by atoms with Gasteiger partial charge in [-0.3, -0.25) is 0 Å². The number of hydrogen-bond acceptors (Lipinski definition) is 3. The van der Waals surface area contributed by atoms with E-state index in [-0.39, 0.29) is 0 Å². The zero-order valence-electron chi connectivity index (χ0n) is 8.50. The number of aryl methyl sites for hydroxylation is 1. The molecule has 14 heavy (non-hydrogen) atoms. The van der Waals surface area contributed by atoms with Gasteiger partial charge in [0.15, 0.2) is 0 Å². The van der Waals surface area contributed by atoms with Gasteiger partial charge >= 0.3 is 0 Å². The molecule has 0 aliphatic rings. The van der Waals surface area contributed by atoms with Gasteiger partial charge in [-0.15, -0.1) is 11.8 Å². The fourth-order valence-corrected chi connectivity index (χ4v) is 2.09. The van der Waals surface area contributed by atoms with Crippen LogP contribution in [0, 0.1) is 18.3 Å². The van der Waals surface area contributed by atoms with Crippen LogP contribution in [0.2, 0.25) is 0 Å². The monoisotopic (exact) mass is 206 g/mol. The molecule has 0 atom stereocenters. The third-order valence-electron chi connectivity index (χ3n) is 1.93. The van der Waals surface area contributed by atoms with Gasteiger partial charge in [0.05, 0.1) is 5.56 Å². The number of anilines is 1. The number of nitriles is 1. The lowest BCUT2D eigenvalue weighted by atomic mass is 10.1. The van der Waals surface area contributed by atoms with Crippen LogP contribution in [0.3, 0.4) is 0 Å². The lowest BCUT2D eigenvalue weighted by molar-refractivity contribution is 1.10. The first-order chi connectivity index (χ1) is 6.69. The minimum absolute atomic E-state index is 0.575. The van der Waals surface area contributed by atoms with Crippen molar-refractivity contribution in [2.24, 2.45) is 0 Å². The molecule has 0 aromatic heterocycles. The molecular weight excluding hydrogens is 192 g/mol. The second-order valence-corrected chi connectivity index (χ2v) is 4.30. The lowest BCUT2D eigenvalue weighted by Gasteiger charge is -2.07. The summed E-state index contributed by atoms with van der Waals surface area (Å²) in [5.74, 6) is 1.08. The van der Waals surface area contributed by atoms with Crippen LogP contribution in [0.1, 0.15) is 24.5 Å². The molecule has 0 fully saturated rings. The summed E-state index contributed by atoms with van der Waals surface area (Å²) in [6.07, 6.45) is 1.14. The highest BCUT2D eigenvalue weighted by Crippen LogP contribution is 2.27. The molecule has 0 spiro atoms. The molecule has 1 aromatic rings. The Hall–Kier alpha value is -1.14. The van der Waals surface area contributed by atoms with Gasteiger partial charge < -0.3 is 5.73 Å². The number of thioether (sulfide) groups is 1. The van der Waals surface area contributed by atoms with E-state index in [2.05, 4.69) is 13.0 Å². The largest absolute Gasteiger partial charge is 0.398 e. The standard InChI is InChI=1S/C11H14N2S/c1-3-4-14-11-6-9(7-12)10(13)5-8(11)2/h5-6H,3-4,13H2,1-2H3. The van der Waals surface area contributed by atoms with Crippen molar-refractivity contribution in [1.82, 2.24) is 0 Å². The molecule has 0 saturated heterocycles. The average Bonchev–Trinajstić information content (AvgIpc) is 2.17. The molecular formula is C11H14N2S. The minimum atomic E-state index is 0.575. The zero-order chi connectivity index (χ0) is 10.6. The Bertz CT molecular complexity index is 366. The molecule has 0 bridgehead atoms. The summed E-state index contributed by atoms with van der Waals surface area (Å²) in [7, 11) is 0. The molecule has 0 heterocycles. The van der Waals surface area contributed by atoms with Crippen molar-refractivity contribution in [2.45, 2.75) is 25.2 Å². The number of nitrogen functional groups attached to an aromatic ring is 1. The van der Waals surface area contributed by atoms with Crippen LogP contribution in [-0.4, -0.2) is 5.75 Å². The van der Waals surface area contributed by atoms with Crippen LogP contribution in [0.4, 0.5) is 5.69 Å². The van der Waals surface area contributed by atoms with Gasteiger partial charge in [-0.2, -0.15) is 5.26 Å². The predicted molar refractivity (Wildman–Crippen MR) is 61.3 cm³/mol. The van der Waals surface area contributed by atoms with E-state index < -0.39 is 0 Å². The SMILES string of the molecule is CCCSc1cc(C#N)c(N)cc1C. The molecule has 0 aliphatic carbocycles. The molecule has 0 saturated carbocycles. The predicted octanol–water partition coefficient (Wildman–Crippen LogP) is 2.95. The Morgan fingerprint density at radius 1 is 1.50 bits per heavy atom. The minimum Gasteiger partial charge on any atom is -0.398 e. The maximum absolute atomic E-state index is 8.82. The summed E-state index contributed by atoms with van der Waals surface area (Å²) in [5, 5.41) is 8.82. The van der Waals surface area contributed by atoms with Crippen molar-refractivity contribution in [3.05, 3.63) is 23.3 Å². The van der Waals surface area contributed by atoms with Crippen LogP contribution in [0.5, 0.6) is 0 Å². The topological polar surface area (TPSA) is 49.8 Å². The van der Waals surface area contributed by atoms with Crippen LogP contribution in [0.15, 0.2) is 17.0 Å². The smallest absolute Gasteiger partial charge is 0.101 e. The van der Waals surface area contributed by atoms with Crippen LogP contribution < -0.4 is 5.73 Å². The number of benzene rings is 1. The van der Waals surface area contributed by atoms with Gasteiger partial charge in [0.25, 0.3) is 0 Å². The Balaban J connectivity index is 3.00. The summed E-state index contributed by atoms with van der Waals surface area (Å²) in [5.41, 5.74) is 8.00. The number of nitrogens with zero attached hydrogens (tertiary/aromatic N) is 1. The molecule has 74 valence electrons. The van der Waals surface area contributed by atoms with Crippen LogP contribution in [0.25, 0.3) is 0 Å². The molecule has 2 N–H and O–H groups in total. The highest BCUT2D eigenvalue weighted by Gasteiger charge is 2.04. The molecule has 0 amide bonds. The van der Waals surface area contributed by atoms with E-state index in [1.54, 1.807) is 11.8 Å². The average molecular weight is 206 g/mol. The summed E-state index contributed by atoms with van der Waals surface area (Å²) in [4.78, 5) is 1.16. The fraction of sp³-hybridized carbons (Fsp3) is 0.364. The number of nitrogens with two attached hydrogens (primary N) is 1. The van der Waals surface area contributed by atoms with E-state index in [4.69, 9.17) is 11.0 Å². The fourth-order valence-electron chi connectivity index (χ4n) is 1.17. The van der Waals surface area contributed by atoms with Crippen molar-refractivity contribution in [2.75, 3.05) is 11.5 Å². The van der Waals surface area contributed by atoms with E-state index >= 15 is 0 Å². The normalized spacial score (nSPS) is 9.79. The summed E-state index contributed by atoms with van der Waals surface area (Å²) >= 11 is 1.78.